The zero-order valence-corrected chi connectivity index (χ0v) is 9.79. The summed E-state index contributed by atoms with van der Waals surface area (Å²) in [5.41, 5.74) is 3.01. The van der Waals surface area contributed by atoms with E-state index < -0.39 is 0 Å². The number of nitrogens with zero attached hydrogens (tertiary/aromatic N) is 1. The van der Waals surface area contributed by atoms with Gasteiger partial charge in [0.2, 0.25) is 0 Å². The predicted molar refractivity (Wildman–Crippen MR) is 62.9 cm³/mol. The first kappa shape index (κ1) is 10.8. The zero-order chi connectivity index (χ0) is 11.7. The van der Waals surface area contributed by atoms with Crippen molar-refractivity contribution in [3.8, 4) is 0 Å². The number of piperazine rings is 1. The van der Waals surface area contributed by atoms with Gasteiger partial charge in [-0.2, -0.15) is 0 Å². The fourth-order valence-electron chi connectivity index (χ4n) is 2.40. The Labute approximate surface area is 100 Å². The molecule has 1 saturated heterocycles. The number of carbonyl (C=O) groups is 1. The van der Waals surface area contributed by atoms with Crippen molar-refractivity contribution in [2.75, 3.05) is 32.8 Å². The van der Waals surface area contributed by atoms with Crippen molar-refractivity contribution >= 4 is 5.91 Å². The lowest BCUT2D eigenvalue weighted by atomic mass is 10.2. The average Bonchev–Trinajstić information content (AvgIpc) is 2.82. The van der Waals surface area contributed by atoms with E-state index in [1.165, 1.54) is 0 Å². The third-order valence-electron chi connectivity index (χ3n) is 3.38. The predicted octanol–water partition coefficient (Wildman–Crippen LogP) is 0.133. The van der Waals surface area contributed by atoms with Crippen LogP contribution < -0.4 is 5.32 Å². The summed E-state index contributed by atoms with van der Waals surface area (Å²) in [6.07, 6.45) is 0.879. The second-order valence-corrected chi connectivity index (χ2v) is 4.53. The maximum atomic E-state index is 12.2. The van der Waals surface area contributed by atoms with Crippen LogP contribution >= 0.6 is 0 Å². The molecule has 0 spiro atoms. The Kier molecular flexibility index (Phi) is 2.86. The summed E-state index contributed by atoms with van der Waals surface area (Å²) in [4.78, 5) is 17.4. The minimum Gasteiger partial charge on any atom is -0.376 e. The van der Waals surface area contributed by atoms with Crippen molar-refractivity contribution in [3.05, 3.63) is 23.0 Å². The number of hydrogen-bond donors (Lipinski definition) is 2. The van der Waals surface area contributed by atoms with Gasteiger partial charge in [-0.05, 0) is 11.6 Å². The number of carbonyl (C=O) groups excluding carboxylic acids is 1. The highest BCUT2D eigenvalue weighted by Gasteiger charge is 2.22. The number of hydrogen-bond acceptors (Lipinski definition) is 3. The fourth-order valence-corrected chi connectivity index (χ4v) is 2.40. The molecule has 2 N–H and O–H groups in total. The van der Waals surface area contributed by atoms with Crippen LogP contribution in [0.1, 0.15) is 21.7 Å². The molecule has 3 rings (SSSR count). The largest absolute Gasteiger partial charge is 0.376 e. The minimum absolute atomic E-state index is 0.112. The molecular weight excluding hydrogens is 218 g/mol. The molecule has 5 heteroatoms. The molecule has 3 heterocycles. The average molecular weight is 235 g/mol. The number of fused-ring (bicyclic) bond motifs is 1. The molecular formula is C12H17N3O2. The summed E-state index contributed by atoms with van der Waals surface area (Å²) in [6, 6.07) is 1.94. The van der Waals surface area contributed by atoms with E-state index in [-0.39, 0.29) is 5.91 Å². The Morgan fingerprint density at radius 3 is 2.94 bits per heavy atom. The smallest absolute Gasteiger partial charge is 0.270 e. The molecule has 17 heavy (non-hydrogen) atoms. The highest BCUT2D eigenvalue weighted by atomic mass is 16.5. The third-order valence-corrected chi connectivity index (χ3v) is 3.38. The van der Waals surface area contributed by atoms with Gasteiger partial charge < -0.3 is 19.9 Å². The van der Waals surface area contributed by atoms with E-state index in [2.05, 4.69) is 10.3 Å². The molecule has 5 nitrogen and oxygen atoms in total. The van der Waals surface area contributed by atoms with Gasteiger partial charge in [-0.1, -0.05) is 0 Å². The molecule has 0 aromatic carbocycles. The number of ether oxygens (including phenoxy) is 1. The Morgan fingerprint density at radius 2 is 2.18 bits per heavy atom. The van der Waals surface area contributed by atoms with Crippen LogP contribution in [0.2, 0.25) is 0 Å². The molecule has 0 saturated carbocycles. The standard InChI is InChI=1S/C12H17N3O2/c16-12(15-4-2-13-3-5-15)11-7-9-8-17-6-1-10(9)14-11/h7,13-14H,1-6,8H2. The van der Waals surface area contributed by atoms with Crippen LogP contribution in [0.25, 0.3) is 0 Å². The number of aromatic amines is 1. The van der Waals surface area contributed by atoms with Gasteiger partial charge in [0.05, 0.1) is 13.2 Å². The molecule has 0 atom stereocenters. The third kappa shape index (κ3) is 2.08. The number of H-pyrrole nitrogens is 1. The Bertz CT molecular complexity index is 398. The van der Waals surface area contributed by atoms with Crippen LogP contribution in [0.3, 0.4) is 0 Å². The molecule has 92 valence electrons. The maximum absolute atomic E-state index is 12.2. The van der Waals surface area contributed by atoms with E-state index in [0.717, 1.165) is 50.5 Å². The summed E-state index contributed by atoms with van der Waals surface area (Å²) in [5.74, 6) is 0.112. The Balaban J connectivity index is 1.78. The van der Waals surface area contributed by atoms with Crippen LogP contribution in [-0.2, 0) is 17.8 Å². The second kappa shape index (κ2) is 4.50. The minimum atomic E-state index is 0.112. The van der Waals surface area contributed by atoms with Gasteiger partial charge in [0.25, 0.3) is 5.91 Å². The van der Waals surface area contributed by atoms with Crippen molar-refractivity contribution < 1.29 is 9.53 Å². The first-order valence-corrected chi connectivity index (χ1v) is 6.13. The van der Waals surface area contributed by atoms with Crippen molar-refractivity contribution in [3.63, 3.8) is 0 Å². The summed E-state index contributed by atoms with van der Waals surface area (Å²) >= 11 is 0. The fraction of sp³-hybridized carbons (Fsp3) is 0.583. The van der Waals surface area contributed by atoms with E-state index in [4.69, 9.17) is 4.74 Å². The van der Waals surface area contributed by atoms with E-state index in [1.807, 2.05) is 11.0 Å². The lowest BCUT2D eigenvalue weighted by Crippen LogP contribution is -2.46. The van der Waals surface area contributed by atoms with Crippen molar-refractivity contribution in [1.29, 1.82) is 0 Å². The van der Waals surface area contributed by atoms with Crippen molar-refractivity contribution in [2.45, 2.75) is 13.0 Å². The number of rotatable bonds is 1. The Morgan fingerprint density at radius 1 is 1.35 bits per heavy atom. The Hall–Kier alpha value is -1.33. The van der Waals surface area contributed by atoms with Gasteiger partial charge in [-0.25, -0.2) is 0 Å². The van der Waals surface area contributed by atoms with Crippen LogP contribution in [0.15, 0.2) is 6.07 Å². The highest BCUT2D eigenvalue weighted by molar-refractivity contribution is 5.93. The van der Waals surface area contributed by atoms with Gasteiger partial charge in [-0.3, -0.25) is 4.79 Å². The van der Waals surface area contributed by atoms with E-state index in [0.29, 0.717) is 12.3 Å². The highest BCUT2D eigenvalue weighted by Crippen LogP contribution is 2.18. The van der Waals surface area contributed by atoms with Gasteiger partial charge in [-0.15, -0.1) is 0 Å². The topological polar surface area (TPSA) is 57.4 Å². The molecule has 1 aromatic rings. The first-order chi connectivity index (χ1) is 8.34. The van der Waals surface area contributed by atoms with E-state index in [9.17, 15) is 4.79 Å². The number of nitrogens with one attached hydrogen (secondary N) is 2. The molecule has 2 aliphatic rings. The van der Waals surface area contributed by atoms with Crippen LogP contribution in [0.5, 0.6) is 0 Å². The maximum Gasteiger partial charge on any atom is 0.270 e. The monoisotopic (exact) mass is 235 g/mol. The lowest BCUT2D eigenvalue weighted by Gasteiger charge is -2.26. The lowest BCUT2D eigenvalue weighted by molar-refractivity contribution is 0.0730. The molecule has 1 amide bonds. The summed E-state index contributed by atoms with van der Waals surface area (Å²) in [7, 11) is 0. The molecule has 0 unspecified atom stereocenters. The summed E-state index contributed by atoms with van der Waals surface area (Å²) in [6.45, 7) is 4.72. The molecule has 0 radical (unpaired) electrons. The van der Waals surface area contributed by atoms with E-state index >= 15 is 0 Å². The summed E-state index contributed by atoms with van der Waals surface area (Å²) < 4.78 is 5.38. The first-order valence-electron chi connectivity index (χ1n) is 6.13. The molecule has 1 fully saturated rings. The summed E-state index contributed by atoms with van der Waals surface area (Å²) in [5, 5.41) is 3.25. The number of aromatic nitrogens is 1. The molecule has 1 aromatic heterocycles. The molecule has 0 aliphatic carbocycles. The molecule has 2 aliphatic heterocycles. The van der Waals surface area contributed by atoms with Crippen molar-refractivity contribution in [2.24, 2.45) is 0 Å². The SMILES string of the molecule is O=C(c1cc2c([nH]1)CCOC2)N1CCNCC1. The zero-order valence-electron chi connectivity index (χ0n) is 9.79. The second-order valence-electron chi connectivity index (χ2n) is 4.53. The number of amides is 1. The van der Waals surface area contributed by atoms with E-state index in [1.54, 1.807) is 0 Å². The van der Waals surface area contributed by atoms with Gasteiger partial charge in [0, 0.05) is 38.3 Å². The van der Waals surface area contributed by atoms with Crippen LogP contribution in [0, 0.1) is 0 Å². The van der Waals surface area contributed by atoms with Gasteiger partial charge in [0.1, 0.15) is 5.69 Å². The van der Waals surface area contributed by atoms with Gasteiger partial charge >= 0.3 is 0 Å². The quantitative estimate of drug-likeness (QED) is 0.727. The molecule has 0 bridgehead atoms. The van der Waals surface area contributed by atoms with Gasteiger partial charge in [0.15, 0.2) is 0 Å². The van der Waals surface area contributed by atoms with Crippen LogP contribution in [0.4, 0.5) is 0 Å². The van der Waals surface area contributed by atoms with Crippen molar-refractivity contribution in [1.82, 2.24) is 15.2 Å². The van der Waals surface area contributed by atoms with Crippen LogP contribution in [-0.4, -0.2) is 48.6 Å². The normalized spacial score (nSPS) is 20.1.